The molecule has 96 valence electrons. The van der Waals surface area contributed by atoms with Crippen LogP contribution in [0.4, 0.5) is 0 Å². The van der Waals surface area contributed by atoms with Crippen LogP contribution in [0.2, 0.25) is 0 Å². The van der Waals surface area contributed by atoms with Crippen LogP contribution in [-0.2, 0) is 9.59 Å². The highest BCUT2D eigenvalue weighted by Gasteiger charge is 2.50. The SMILES string of the molecule is CCC(C)(CCO)N1C(=O)C2CCC(C2)C1=O. The van der Waals surface area contributed by atoms with Gasteiger partial charge in [-0.2, -0.15) is 0 Å². The number of fused-ring (bicyclic) bond motifs is 2. The summed E-state index contributed by atoms with van der Waals surface area (Å²) in [4.78, 5) is 26.1. The summed E-state index contributed by atoms with van der Waals surface area (Å²) in [6.07, 6.45) is 3.62. The van der Waals surface area contributed by atoms with E-state index < -0.39 is 5.54 Å². The minimum atomic E-state index is -0.510. The van der Waals surface area contributed by atoms with E-state index in [0.29, 0.717) is 12.8 Å². The van der Waals surface area contributed by atoms with E-state index in [-0.39, 0.29) is 30.3 Å². The smallest absolute Gasteiger partial charge is 0.232 e. The van der Waals surface area contributed by atoms with E-state index in [1.54, 1.807) is 0 Å². The lowest BCUT2D eigenvalue weighted by molar-refractivity contribution is -0.161. The number of carbonyl (C=O) groups excluding carboxylic acids is 2. The molecule has 17 heavy (non-hydrogen) atoms. The molecule has 1 saturated heterocycles. The van der Waals surface area contributed by atoms with Gasteiger partial charge in [-0.25, -0.2) is 0 Å². The standard InChI is InChI=1S/C13H21NO3/c1-3-13(2,6-7-15)14-11(16)9-4-5-10(8-9)12(14)17/h9-10,15H,3-8H2,1-2H3. The minimum absolute atomic E-state index is 0.0106. The second-order valence-electron chi connectivity index (χ2n) is 5.54. The number of likely N-dealkylation sites (tertiary alicyclic amines) is 1. The maximum Gasteiger partial charge on any atom is 0.232 e. The Hall–Kier alpha value is -0.900. The number of imide groups is 1. The van der Waals surface area contributed by atoms with Crippen LogP contribution in [0.25, 0.3) is 0 Å². The lowest BCUT2D eigenvalue weighted by atomic mass is 9.86. The number of carbonyl (C=O) groups is 2. The topological polar surface area (TPSA) is 57.6 Å². The highest BCUT2D eigenvalue weighted by atomic mass is 16.3. The molecule has 0 aromatic rings. The van der Waals surface area contributed by atoms with Gasteiger partial charge in [-0.3, -0.25) is 14.5 Å². The van der Waals surface area contributed by atoms with Crippen molar-refractivity contribution in [3.8, 4) is 0 Å². The Labute approximate surface area is 102 Å². The molecule has 2 fully saturated rings. The number of hydrogen-bond acceptors (Lipinski definition) is 3. The number of piperidine rings is 1. The first-order chi connectivity index (χ1) is 8.03. The van der Waals surface area contributed by atoms with Crippen molar-refractivity contribution in [3.05, 3.63) is 0 Å². The van der Waals surface area contributed by atoms with Gasteiger partial charge < -0.3 is 5.11 Å². The summed E-state index contributed by atoms with van der Waals surface area (Å²) in [5.74, 6) is 0.0626. The fourth-order valence-electron chi connectivity index (χ4n) is 3.12. The van der Waals surface area contributed by atoms with Crippen LogP contribution in [0.15, 0.2) is 0 Å². The van der Waals surface area contributed by atoms with E-state index in [2.05, 4.69) is 0 Å². The first kappa shape index (κ1) is 12.6. The molecule has 1 aliphatic heterocycles. The Morgan fingerprint density at radius 2 is 1.82 bits per heavy atom. The second-order valence-corrected chi connectivity index (χ2v) is 5.54. The number of aliphatic hydroxyl groups excluding tert-OH is 1. The molecule has 2 aliphatic rings. The van der Waals surface area contributed by atoms with E-state index in [9.17, 15) is 9.59 Å². The first-order valence-electron chi connectivity index (χ1n) is 6.52. The summed E-state index contributed by atoms with van der Waals surface area (Å²) < 4.78 is 0. The predicted octanol–water partition coefficient (Wildman–Crippen LogP) is 1.32. The average molecular weight is 239 g/mol. The normalized spacial score (nSPS) is 31.8. The molecule has 2 rings (SSSR count). The van der Waals surface area contributed by atoms with E-state index >= 15 is 0 Å². The van der Waals surface area contributed by atoms with Crippen molar-refractivity contribution in [3.63, 3.8) is 0 Å². The van der Waals surface area contributed by atoms with Gasteiger partial charge in [0.2, 0.25) is 11.8 Å². The van der Waals surface area contributed by atoms with Gasteiger partial charge in [-0.1, -0.05) is 6.92 Å². The van der Waals surface area contributed by atoms with Crippen LogP contribution in [0.1, 0.15) is 46.0 Å². The van der Waals surface area contributed by atoms with Crippen molar-refractivity contribution in [2.75, 3.05) is 6.61 Å². The maximum absolute atomic E-state index is 12.3. The zero-order valence-electron chi connectivity index (χ0n) is 10.6. The van der Waals surface area contributed by atoms with Crippen LogP contribution in [0.5, 0.6) is 0 Å². The summed E-state index contributed by atoms with van der Waals surface area (Å²) in [5, 5.41) is 9.13. The van der Waals surface area contributed by atoms with Crippen molar-refractivity contribution < 1.29 is 14.7 Å². The minimum Gasteiger partial charge on any atom is -0.396 e. The molecular formula is C13H21NO3. The summed E-state index contributed by atoms with van der Waals surface area (Å²) in [6.45, 7) is 3.88. The van der Waals surface area contributed by atoms with Crippen LogP contribution in [0, 0.1) is 11.8 Å². The highest BCUT2D eigenvalue weighted by molar-refractivity contribution is 6.01. The second kappa shape index (κ2) is 4.41. The molecule has 3 atom stereocenters. The fraction of sp³-hybridized carbons (Fsp3) is 0.846. The van der Waals surface area contributed by atoms with Crippen molar-refractivity contribution in [1.29, 1.82) is 0 Å². The zero-order valence-corrected chi connectivity index (χ0v) is 10.6. The van der Waals surface area contributed by atoms with E-state index in [1.807, 2.05) is 13.8 Å². The molecule has 4 heteroatoms. The predicted molar refractivity (Wildman–Crippen MR) is 63.1 cm³/mol. The third kappa shape index (κ3) is 1.88. The van der Waals surface area contributed by atoms with E-state index in [4.69, 9.17) is 5.11 Å². The lowest BCUT2D eigenvalue weighted by Gasteiger charge is -2.43. The molecule has 1 saturated carbocycles. The Balaban J connectivity index is 2.29. The van der Waals surface area contributed by atoms with Gasteiger partial charge in [-0.15, -0.1) is 0 Å². The number of nitrogens with zero attached hydrogens (tertiary/aromatic N) is 1. The van der Waals surface area contributed by atoms with Crippen LogP contribution in [-0.4, -0.2) is 34.0 Å². The molecule has 2 amide bonds. The third-order valence-electron chi connectivity index (χ3n) is 4.52. The van der Waals surface area contributed by atoms with E-state index in [0.717, 1.165) is 19.3 Å². The fourth-order valence-corrected chi connectivity index (χ4v) is 3.12. The molecule has 1 aliphatic carbocycles. The van der Waals surface area contributed by atoms with Gasteiger partial charge in [0.05, 0.1) is 0 Å². The Kier molecular flexibility index (Phi) is 3.25. The molecule has 2 bridgehead atoms. The van der Waals surface area contributed by atoms with Gasteiger partial charge in [-0.05, 0) is 39.0 Å². The quantitative estimate of drug-likeness (QED) is 0.753. The van der Waals surface area contributed by atoms with Crippen LogP contribution < -0.4 is 0 Å². The molecule has 4 nitrogen and oxygen atoms in total. The number of hydrogen-bond donors (Lipinski definition) is 1. The summed E-state index contributed by atoms with van der Waals surface area (Å²) >= 11 is 0. The van der Waals surface area contributed by atoms with Crippen LogP contribution in [0.3, 0.4) is 0 Å². The lowest BCUT2D eigenvalue weighted by Crippen LogP contribution is -2.58. The molecular weight excluding hydrogens is 218 g/mol. The molecule has 0 aromatic carbocycles. The first-order valence-corrected chi connectivity index (χ1v) is 6.52. The molecule has 0 aromatic heterocycles. The molecule has 1 N–H and O–H groups in total. The van der Waals surface area contributed by atoms with Crippen molar-refractivity contribution >= 4 is 11.8 Å². The Morgan fingerprint density at radius 1 is 1.29 bits per heavy atom. The average Bonchev–Trinajstić information content (AvgIpc) is 2.74. The highest BCUT2D eigenvalue weighted by Crippen LogP contribution is 2.42. The largest absolute Gasteiger partial charge is 0.396 e. The Bertz CT molecular complexity index is 320. The zero-order chi connectivity index (χ0) is 12.6. The molecule has 0 radical (unpaired) electrons. The summed E-state index contributed by atoms with van der Waals surface area (Å²) in [6, 6.07) is 0. The Morgan fingerprint density at radius 3 is 2.24 bits per heavy atom. The van der Waals surface area contributed by atoms with Crippen molar-refractivity contribution in [2.24, 2.45) is 11.8 Å². The van der Waals surface area contributed by atoms with Crippen molar-refractivity contribution in [1.82, 2.24) is 4.90 Å². The maximum atomic E-state index is 12.3. The van der Waals surface area contributed by atoms with Gasteiger partial charge in [0, 0.05) is 24.0 Å². The van der Waals surface area contributed by atoms with E-state index in [1.165, 1.54) is 4.90 Å². The number of amides is 2. The molecule has 1 heterocycles. The van der Waals surface area contributed by atoms with Gasteiger partial charge >= 0.3 is 0 Å². The monoisotopic (exact) mass is 239 g/mol. The number of rotatable bonds is 4. The van der Waals surface area contributed by atoms with Gasteiger partial charge in [0.15, 0.2) is 0 Å². The van der Waals surface area contributed by atoms with Gasteiger partial charge in [0.25, 0.3) is 0 Å². The third-order valence-corrected chi connectivity index (χ3v) is 4.52. The molecule has 3 unspecified atom stereocenters. The van der Waals surface area contributed by atoms with Crippen LogP contribution >= 0.6 is 0 Å². The van der Waals surface area contributed by atoms with Gasteiger partial charge in [0.1, 0.15) is 0 Å². The molecule has 0 spiro atoms. The number of aliphatic hydroxyl groups is 1. The summed E-state index contributed by atoms with van der Waals surface area (Å²) in [5.41, 5.74) is -0.510. The van der Waals surface area contributed by atoms with Crippen molar-refractivity contribution in [2.45, 2.75) is 51.5 Å². The summed E-state index contributed by atoms with van der Waals surface area (Å²) in [7, 11) is 0.